The molecule has 118 valence electrons. The van der Waals surface area contributed by atoms with E-state index in [2.05, 4.69) is 10.0 Å². The van der Waals surface area contributed by atoms with Gasteiger partial charge in [0, 0.05) is 19.0 Å². The zero-order valence-corrected chi connectivity index (χ0v) is 13.9. The fourth-order valence-electron chi connectivity index (χ4n) is 1.81. The number of sulfonamides is 1. The Balaban J connectivity index is 2.58. The maximum atomic E-state index is 12.2. The van der Waals surface area contributed by atoms with Crippen LogP contribution in [0.15, 0.2) is 23.1 Å². The van der Waals surface area contributed by atoms with E-state index in [1.165, 1.54) is 0 Å². The van der Waals surface area contributed by atoms with E-state index in [4.69, 9.17) is 0 Å². The summed E-state index contributed by atoms with van der Waals surface area (Å²) in [7, 11) is -3.54. The molecule has 0 aliphatic heterocycles. The average Bonchev–Trinajstić information content (AvgIpc) is 2.44. The lowest BCUT2D eigenvalue weighted by Crippen LogP contribution is -2.37. The molecule has 0 radical (unpaired) electrons. The second-order valence-corrected chi connectivity index (χ2v) is 7.00. The topological polar surface area (TPSA) is 75.3 Å². The van der Waals surface area contributed by atoms with Gasteiger partial charge < -0.3 is 5.32 Å². The number of carbonyl (C=O) groups excluding carboxylic acids is 1. The molecule has 0 aliphatic rings. The number of amides is 1. The molecule has 0 bridgehead atoms. The highest BCUT2D eigenvalue weighted by Gasteiger charge is 2.16. The second-order valence-electron chi connectivity index (χ2n) is 5.27. The molecular weight excluding hydrogens is 288 g/mol. The fourth-order valence-corrected chi connectivity index (χ4v) is 3.16. The Morgan fingerprint density at radius 2 is 1.90 bits per heavy atom. The van der Waals surface area contributed by atoms with Gasteiger partial charge in [-0.3, -0.25) is 4.79 Å². The van der Waals surface area contributed by atoms with Crippen molar-refractivity contribution in [2.24, 2.45) is 5.92 Å². The van der Waals surface area contributed by atoms with Gasteiger partial charge in [0.25, 0.3) is 0 Å². The van der Waals surface area contributed by atoms with Crippen LogP contribution >= 0.6 is 0 Å². The summed E-state index contributed by atoms with van der Waals surface area (Å²) < 4.78 is 26.9. The van der Waals surface area contributed by atoms with Crippen molar-refractivity contribution in [3.05, 3.63) is 29.3 Å². The van der Waals surface area contributed by atoms with Crippen molar-refractivity contribution < 1.29 is 13.2 Å². The summed E-state index contributed by atoms with van der Waals surface area (Å²) in [4.78, 5) is 11.9. The first kappa shape index (κ1) is 17.7. The SMILES string of the molecule is CCC(C)C(=O)NCCNS(=O)(=O)c1cc(C)ccc1C. The molecule has 2 N–H and O–H groups in total. The van der Waals surface area contributed by atoms with Crippen molar-refractivity contribution in [3.8, 4) is 0 Å². The van der Waals surface area contributed by atoms with Gasteiger partial charge in [-0.1, -0.05) is 26.0 Å². The molecular formula is C15H24N2O3S. The zero-order chi connectivity index (χ0) is 16.0. The average molecular weight is 312 g/mol. The van der Waals surface area contributed by atoms with Gasteiger partial charge in [-0.25, -0.2) is 13.1 Å². The summed E-state index contributed by atoms with van der Waals surface area (Å²) in [5.41, 5.74) is 1.60. The first-order valence-electron chi connectivity index (χ1n) is 7.12. The Hall–Kier alpha value is -1.40. The minimum Gasteiger partial charge on any atom is -0.355 e. The molecule has 1 aromatic carbocycles. The van der Waals surface area contributed by atoms with E-state index in [0.717, 1.165) is 12.0 Å². The Morgan fingerprint density at radius 1 is 1.24 bits per heavy atom. The zero-order valence-electron chi connectivity index (χ0n) is 13.1. The predicted octanol–water partition coefficient (Wildman–Crippen LogP) is 1.74. The van der Waals surface area contributed by atoms with Gasteiger partial charge >= 0.3 is 0 Å². The molecule has 0 aromatic heterocycles. The van der Waals surface area contributed by atoms with Crippen LogP contribution in [0, 0.1) is 19.8 Å². The molecule has 0 heterocycles. The highest BCUT2D eigenvalue weighted by molar-refractivity contribution is 7.89. The summed E-state index contributed by atoms with van der Waals surface area (Å²) in [6.45, 7) is 7.86. The van der Waals surface area contributed by atoms with Gasteiger partial charge in [0.1, 0.15) is 0 Å². The van der Waals surface area contributed by atoms with Crippen molar-refractivity contribution in [2.45, 2.75) is 39.0 Å². The van der Waals surface area contributed by atoms with Crippen molar-refractivity contribution in [2.75, 3.05) is 13.1 Å². The molecule has 21 heavy (non-hydrogen) atoms. The molecule has 1 amide bonds. The molecule has 6 heteroatoms. The maximum Gasteiger partial charge on any atom is 0.240 e. The van der Waals surface area contributed by atoms with Gasteiger partial charge in [0.15, 0.2) is 0 Å². The van der Waals surface area contributed by atoms with Crippen LogP contribution in [0.1, 0.15) is 31.4 Å². The fraction of sp³-hybridized carbons (Fsp3) is 0.533. The van der Waals surface area contributed by atoms with Gasteiger partial charge in [0.05, 0.1) is 4.90 Å². The predicted molar refractivity (Wildman–Crippen MR) is 83.6 cm³/mol. The van der Waals surface area contributed by atoms with Crippen LogP contribution in [0.3, 0.4) is 0 Å². The van der Waals surface area contributed by atoms with Crippen LogP contribution in [0.25, 0.3) is 0 Å². The van der Waals surface area contributed by atoms with Crippen LogP contribution in [0.4, 0.5) is 0 Å². The molecule has 1 atom stereocenters. The van der Waals surface area contributed by atoms with E-state index in [1.54, 1.807) is 19.1 Å². The van der Waals surface area contributed by atoms with Gasteiger partial charge in [0.2, 0.25) is 15.9 Å². The van der Waals surface area contributed by atoms with Crippen molar-refractivity contribution in [3.63, 3.8) is 0 Å². The molecule has 0 saturated carbocycles. The largest absolute Gasteiger partial charge is 0.355 e. The van der Waals surface area contributed by atoms with Crippen LogP contribution < -0.4 is 10.0 Å². The third kappa shape index (κ3) is 5.13. The normalized spacial score (nSPS) is 13.0. The van der Waals surface area contributed by atoms with E-state index in [0.29, 0.717) is 5.56 Å². The number of aryl methyl sites for hydroxylation is 2. The standard InChI is InChI=1S/C15H24N2O3S/c1-5-12(3)15(18)16-8-9-17-21(19,20)14-10-11(2)6-7-13(14)4/h6-7,10,12,17H,5,8-9H2,1-4H3,(H,16,18). The third-order valence-electron chi connectivity index (χ3n) is 3.41. The van der Waals surface area contributed by atoms with Crippen molar-refractivity contribution in [1.29, 1.82) is 0 Å². The monoisotopic (exact) mass is 312 g/mol. The van der Waals surface area contributed by atoms with Crippen molar-refractivity contribution in [1.82, 2.24) is 10.0 Å². The van der Waals surface area contributed by atoms with Crippen LogP contribution in [-0.2, 0) is 14.8 Å². The van der Waals surface area contributed by atoms with E-state index >= 15 is 0 Å². The minimum absolute atomic E-state index is 0.0524. The maximum absolute atomic E-state index is 12.2. The minimum atomic E-state index is -3.54. The second kappa shape index (κ2) is 7.56. The molecule has 1 unspecified atom stereocenters. The van der Waals surface area contributed by atoms with E-state index in [9.17, 15) is 13.2 Å². The van der Waals surface area contributed by atoms with E-state index in [1.807, 2.05) is 26.8 Å². The molecule has 0 aliphatic carbocycles. The summed E-state index contributed by atoms with van der Waals surface area (Å²) in [6, 6.07) is 5.31. The summed E-state index contributed by atoms with van der Waals surface area (Å²) >= 11 is 0. The highest BCUT2D eigenvalue weighted by atomic mass is 32.2. The lowest BCUT2D eigenvalue weighted by atomic mass is 10.1. The molecule has 0 spiro atoms. The van der Waals surface area contributed by atoms with E-state index < -0.39 is 10.0 Å². The lowest BCUT2D eigenvalue weighted by Gasteiger charge is -2.12. The number of carbonyl (C=O) groups is 1. The molecule has 0 fully saturated rings. The Bertz CT molecular complexity index is 597. The molecule has 1 aromatic rings. The van der Waals surface area contributed by atoms with Crippen molar-refractivity contribution >= 4 is 15.9 Å². The third-order valence-corrected chi connectivity index (χ3v) is 5.01. The Labute approximate surface area is 127 Å². The van der Waals surface area contributed by atoms with Crippen LogP contribution in [-0.4, -0.2) is 27.4 Å². The smallest absolute Gasteiger partial charge is 0.240 e. The number of hydrogen-bond donors (Lipinski definition) is 2. The Morgan fingerprint density at radius 3 is 2.52 bits per heavy atom. The summed E-state index contributed by atoms with van der Waals surface area (Å²) in [6.07, 6.45) is 0.764. The quantitative estimate of drug-likeness (QED) is 0.753. The Kier molecular flexibility index (Phi) is 6.36. The van der Waals surface area contributed by atoms with Crippen LogP contribution in [0.5, 0.6) is 0 Å². The summed E-state index contributed by atoms with van der Waals surface area (Å²) in [5.74, 6) is -0.107. The number of benzene rings is 1. The highest BCUT2D eigenvalue weighted by Crippen LogP contribution is 2.16. The number of nitrogens with one attached hydrogen (secondary N) is 2. The first-order valence-corrected chi connectivity index (χ1v) is 8.61. The molecule has 0 saturated heterocycles. The first-order chi connectivity index (χ1) is 9.77. The number of hydrogen-bond acceptors (Lipinski definition) is 3. The molecule has 1 rings (SSSR count). The molecule has 5 nitrogen and oxygen atoms in total. The van der Waals surface area contributed by atoms with Crippen LogP contribution in [0.2, 0.25) is 0 Å². The van der Waals surface area contributed by atoms with Gasteiger partial charge in [-0.05, 0) is 37.5 Å². The lowest BCUT2D eigenvalue weighted by molar-refractivity contribution is -0.124. The summed E-state index contributed by atoms with van der Waals surface area (Å²) in [5, 5.41) is 2.72. The van der Waals surface area contributed by atoms with Gasteiger partial charge in [-0.15, -0.1) is 0 Å². The van der Waals surface area contributed by atoms with Gasteiger partial charge in [-0.2, -0.15) is 0 Å². The van der Waals surface area contributed by atoms with E-state index in [-0.39, 0.29) is 29.8 Å². The number of rotatable bonds is 7.